The summed E-state index contributed by atoms with van der Waals surface area (Å²) in [6, 6.07) is 0. The third-order valence-electron chi connectivity index (χ3n) is 4.88. The Hall–Kier alpha value is 0.220. The van der Waals surface area contributed by atoms with E-state index in [4.69, 9.17) is 0 Å². The van der Waals surface area contributed by atoms with Gasteiger partial charge < -0.3 is 0 Å². The summed E-state index contributed by atoms with van der Waals surface area (Å²) in [6.07, 6.45) is 6.74. The average molecular weight is 315 g/mol. The van der Waals surface area contributed by atoms with Crippen molar-refractivity contribution in [2.45, 2.75) is 73.6 Å². The predicted octanol–water partition coefficient (Wildman–Crippen LogP) is 6.35. The van der Waals surface area contributed by atoms with E-state index in [1.54, 1.807) is 11.1 Å². The van der Waals surface area contributed by atoms with E-state index in [1.807, 2.05) is 0 Å². The number of hydrogen-bond donors (Lipinski definition) is 0. The highest BCUT2D eigenvalue weighted by Gasteiger charge is 2.34. The molecule has 0 bridgehead atoms. The van der Waals surface area contributed by atoms with E-state index in [0.29, 0.717) is 10.8 Å². The molecule has 0 amide bonds. The van der Waals surface area contributed by atoms with Gasteiger partial charge in [0.2, 0.25) is 0 Å². The second-order valence-corrected chi connectivity index (χ2v) is 8.09. The largest absolute Gasteiger partial charge is 0.0880 e. The molecule has 0 spiro atoms. The molecule has 0 saturated heterocycles. The van der Waals surface area contributed by atoms with Crippen molar-refractivity contribution in [3.63, 3.8) is 0 Å². The first kappa shape index (κ1) is 16.3. The van der Waals surface area contributed by atoms with Gasteiger partial charge in [-0.2, -0.15) is 0 Å². The lowest BCUT2D eigenvalue weighted by atomic mass is 9.65. The van der Waals surface area contributed by atoms with Crippen LogP contribution in [0.25, 0.3) is 0 Å². The maximum Gasteiger partial charge on any atom is 0.0249 e. The van der Waals surface area contributed by atoms with Crippen molar-refractivity contribution in [2.75, 3.05) is 5.33 Å². The lowest BCUT2D eigenvalue weighted by molar-refractivity contribution is 0.223. The van der Waals surface area contributed by atoms with E-state index in [1.165, 1.54) is 32.1 Å². The Labute approximate surface area is 123 Å². The molecule has 0 nitrogen and oxygen atoms in total. The van der Waals surface area contributed by atoms with Gasteiger partial charge in [-0.3, -0.25) is 0 Å². The zero-order valence-corrected chi connectivity index (χ0v) is 14.8. The van der Waals surface area contributed by atoms with E-state index in [-0.39, 0.29) is 0 Å². The highest BCUT2D eigenvalue weighted by Crippen LogP contribution is 2.47. The van der Waals surface area contributed by atoms with Crippen LogP contribution in [0.1, 0.15) is 73.6 Å². The van der Waals surface area contributed by atoms with Crippen molar-refractivity contribution in [2.24, 2.45) is 16.7 Å². The molecule has 0 heterocycles. The minimum absolute atomic E-state index is 0.402. The van der Waals surface area contributed by atoms with Crippen molar-refractivity contribution >= 4 is 15.9 Å². The molecule has 0 aromatic heterocycles. The third-order valence-corrected chi connectivity index (χ3v) is 5.44. The van der Waals surface area contributed by atoms with Crippen molar-refractivity contribution in [3.8, 4) is 0 Å². The van der Waals surface area contributed by atoms with Gasteiger partial charge in [-0.1, -0.05) is 68.1 Å². The summed E-state index contributed by atoms with van der Waals surface area (Å²) >= 11 is 3.71. The van der Waals surface area contributed by atoms with Crippen molar-refractivity contribution in [1.29, 1.82) is 0 Å². The molecule has 1 aliphatic rings. The number of rotatable bonds is 5. The third kappa shape index (κ3) is 3.85. The van der Waals surface area contributed by atoms with Crippen LogP contribution in [-0.4, -0.2) is 5.33 Å². The number of alkyl halides is 1. The Kier molecular flexibility index (Phi) is 5.53. The van der Waals surface area contributed by atoms with Gasteiger partial charge in [-0.15, -0.1) is 0 Å². The first-order valence-electron chi connectivity index (χ1n) is 7.49. The molecule has 0 aromatic rings. The second kappa shape index (κ2) is 6.11. The van der Waals surface area contributed by atoms with Crippen molar-refractivity contribution in [1.82, 2.24) is 0 Å². The Bertz CT molecular complexity index is 310. The minimum Gasteiger partial charge on any atom is -0.0880 e. The summed E-state index contributed by atoms with van der Waals surface area (Å²) in [6.45, 7) is 14.4. The monoisotopic (exact) mass is 314 g/mol. The molecule has 0 radical (unpaired) electrons. The van der Waals surface area contributed by atoms with Gasteiger partial charge in [0.25, 0.3) is 0 Å². The highest BCUT2D eigenvalue weighted by molar-refractivity contribution is 9.09. The van der Waals surface area contributed by atoms with Crippen molar-refractivity contribution < 1.29 is 0 Å². The minimum atomic E-state index is 0.402. The van der Waals surface area contributed by atoms with Crippen LogP contribution in [-0.2, 0) is 0 Å². The first-order chi connectivity index (χ1) is 8.23. The molecule has 0 fully saturated rings. The number of halogens is 1. The van der Waals surface area contributed by atoms with Crippen LogP contribution in [0.15, 0.2) is 11.1 Å². The van der Waals surface area contributed by atoms with Crippen LogP contribution >= 0.6 is 15.9 Å². The first-order valence-corrected chi connectivity index (χ1v) is 8.62. The summed E-state index contributed by atoms with van der Waals surface area (Å²) in [5.74, 6) is 0.812. The fourth-order valence-electron chi connectivity index (χ4n) is 3.67. The molecule has 1 heteroatoms. The fraction of sp³-hybridized carbons (Fsp3) is 0.882. The summed E-state index contributed by atoms with van der Waals surface area (Å²) in [5, 5.41) is 1.05. The molecule has 0 aliphatic heterocycles. The highest BCUT2D eigenvalue weighted by atomic mass is 79.9. The number of allylic oxidation sites excluding steroid dienone is 2. The van der Waals surface area contributed by atoms with Gasteiger partial charge in [0.1, 0.15) is 0 Å². The topological polar surface area (TPSA) is 0 Å². The Balaban J connectivity index is 2.87. The average Bonchev–Trinajstić information content (AvgIpc) is 2.22. The lowest BCUT2D eigenvalue weighted by Gasteiger charge is -2.40. The van der Waals surface area contributed by atoms with Gasteiger partial charge in [0.15, 0.2) is 0 Å². The summed E-state index contributed by atoms with van der Waals surface area (Å²) < 4.78 is 0. The fourth-order valence-corrected chi connectivity index (χ4v) is 4.87. The molecule has 1 unspecified atom stereocenters. The van der Waals surface area contributed by atoms with Gasteiger partial charge in [-0.25, -0.2) is 0 Å². The Morgan fingerprint density at radius 3 is 2.44 bits per heavy atom. The van der Waals surface area contributed by atoms with E-state index >= 15 is 0 Å². The smallest absolute Gasteiger partial charge is 0.0249 e. The van der Waals surface area contributed by atoms with Gasteiger partial charge in [-0.05, 0) is 49.4 Å². The van der Waals surface area contributed by atoms with Gasteiger partial charge >= 0.3 is 0 Å². The maximum atomic E-state index is 3.71. The number of hydrogen-bond acceptors (Lipinski definition) is 0. The molecule has 0 N–H and O–H groups in total. The van der Waals surface area contributed by atoms with Crippen molar-refractivity contribution in [3.05, 3.63) is 11.1 Å². The maximum absolute atomic E-state index is 3.71. The Morgan fingerprint density at radius 1 is 1.33 bits per heavy atom. The molecular weight excluding hydrogens is 284 g/mol. The molecular formula is C17H31Br. The predicted molar refractivity (Wildman–Crippen MR) is 86.3 cm³/mol. The normalized spacial score (nSPS) is 24.5. The van der Waals surface area contributed by atoms with Gasteiger partial charge in [0.05, 0.1) is 0 Å². The van der Waals surface area contributed by atoms with Crippen LogP contribution in [0.5, 0.6) is 0 Å². The van der Waals surface area contributed by atoms with Crippen LogP contribution in [0.4, 0.5) is 0 Å². The molecule has 1 rings (SSSR count). The summed E-state index contributed by atoms with van der Waals surface area (Å²) in [7, 11) is 0. The molecule has 0 aromatic carbocycles. The van der Waals surface area contributed by atoms with Crippen LogP contribution in [0, 0.1) is 16.7 Å². The van der Waals surface area contributed by atoms with Crippen LogP contribution in [0.2, 0.25) is 0 Å². The lowest BCUT2D eigenvalue weighted by Crippen LogP contribution is -2.28. The second-order valence-electron chi connectivity index (χ2n) is 7.53. The zero-order chi connectivity index (χ0) is 14.0. The van der Waals surface area contributed by atoms with Crippen LogP contribution in [0.3, 0.4) is 0 Å². The quantitative estimate of drug-likeness (QED) is 0.409. The zero-order valence-electron chi connectivity index (χ0n) is 13.2. The molecule has 106 valence electrons. The molecule has 0 saturated carbocycles. The molecule has 1 aliphatic carbocycles. The molecule has 18 heavy (non-hydrogen) atoms. The van der Waals surface area contributed by atoms with Crippen LogP contribution < -0.4 is 0 Å². The summed E-state index contributed by atoms with van der Waals surface area (Å²) in [4.78, 5) is 0. The standard InChI is InChI=1S/C17H31Br/c1-7-9-16(3,4)11-14-8-10-17(5,6)15(12-18)13(14)2/h14H,7-12H2,1-6H3. The van der Waals surface area contributed by atoms with E-state index in [9.17, 15) is 0 Å². The van der Waals surface area contributed by atoms with E-state index < -0.39 is 0 Å². The Morgan fingerprint density at radius 2 is 1.94 bits per heavy atom. The summed E-state index contributed by atoms with van der Waals surface area (Å²) in [5.41, 5.74) is 4.23. The van der Waals surface area contributed by atoms with E-state index in [0.717, 1.165) is 11.2 Å². The van der Waals surface area contributed by atoms with E-state index in [2.05, 4.69) is 57.5 Å². The molecule has 1 atom stereocenters. The van der Waals surface area contributed by atoms with Gasteiger partial charge in [0, 0.05) is 5.33 Å². The SMILES string of the molecule is CCCC(C)(C)CC1CCC(C)(C)C(CBr)=C1C.